The van der Waals surface area contributed by atoms with Crippen molar-refractivity contribution >= 4 is 73.9 Å². The summed E-state index contributed by atoms with van der Waals surface area (Å²) in [6.07, 6.45) is 0. The first kappa shape index (κ1) is 19.8. The summed E-state index contributed by atoms with van der Waals surface area (Å²) in [6.45, 7) is 0.660. The Kier molecular flexibility index (Phi) is 8.10. The molecule has 0 atom stereocenters. The molecule has 0 aliphatic carbocycles. The van der Waals surface area contributed by atoms with Crippen molar-refractivity contribution in [2.45, 2.75) is 5.75 Å². The quantitative estimate of drug-likeness (QED) is 0.395. The van der Waals surface area contributed by atoms with Gasteiger partial charge in [-0.2, -0.15) is 11.8 Å². The van der Waals surface area contributed by atoms with Gasteiger partial charge >= 0.3 is 0 Å². The van der Waals surface area contributed by atoms with E-state index in [1.807, 2.05) is 12.1 Å². The van der Waals surface area contributed by atoms with E-state index in [0.717, 1.165) is 15.9 Å². The number of nitrogens with one attached hydrogen (secondary N) is 2. The van der Waals surface area contributed by atoms with Crippen LogP contribution in [0.25, 0.3) is 0 Å². The molecule has 0 saturated carbocycles. The molecule has 8 heteroatoms. The lowest BCUT2D eigenvalue weighted by atomic mass is 10.2. The fourth-order valence-corrected chi connectivity index (χ4v) is 3.67. The van der Waals surface area contributed by atoms with Crippen LogP contribution in [-0.2, 0) is 5.75 Å². The number of benzene rings is 2. The first-order chi connectivity index (χ1) is 11.5. The van der Waals surface area contributed by atoms with E-state index >= 15 is 0 Å². The van der Waals surface area contributed by atoms with Gasteiger partial charge in [-0.25, -0.2) is 4.39 Å². The predicted molar refractivity (Wildman–Crippen MR) is 111 cm³/mol. The zero-order valence-corrected chi connectivity index (χ0v) is 17.1. The Balaban J connectivity index is 1.70. The van der Waals surface area contributed by atoms with Crippen LogP contribution in [0.1, 0.15) is 5.56 Å². The maximum Gasteiger partial charge on any atom is 0.170 e. The Hall–Kier alpha value is -0.530. The average Bonchev–Trinajstić information content (AvgIpc) is 2.53. The molecule has 0 aliphatic rings. The maximum absolute atomic E-state index is 13.6. The Labute approximate surface area is 168 Å². The van der Waals surface area contributed by atoms with Crippen molar-refractivity contribution in [1.29, 1.82) is 0 Å². The van der Waals surface area contributed by atoms with E-state index in [1.54, 1.807) is 30.0 Å². The molecule has 0 spiro atoms. The first-order valence-electron chi connectivity index (χ1n) is 6.98. The van der Waals surface area contributed by atoms with Gasteiger partial charge in [0.15, 0.2) is 5.11 Å². The molecule has 0 bridgehead atoms. The van der Waals surface area contributed by atoms with Crippen LogP contribution >= 0.6 is 63.1 Å². The van der Waals surface area contributed by atoms with Crippen LogP contribution in [0.5, 0.6) is 0 Å². The lowest BCUT2D eigenvalue weighted by molar-refractivity contribution is 0.617. The molecule has 0 aromatic heterocycles. The lowest BCUT2D eigenvalue weighted by Gasteiger charge is -2.11. The fraction of sp³-hybridized carbons (Fsp3) is 0.188. The van der Waals surface area contributed by atoms with Gasteiger partial charge in [-0.15, -0.1) is 0 Å². The molecule has 0 unspecified atom stereocenters. The summed E-state index contributed by atoms with van der Waals surface area (Å²) in [5.41, 5.74) is 1.35. The SMILES string of the molecule is Fc1cccc(Cl)c1CSCCNC(=S)Nc1ccc(Br)c(Cl)c1. The highest BCUT2D eigenvalue weighted by Gasteiger charge is 2.06. The van der Waals surface area contributed by atoms with Crippen molar-refractivity contribution in [2.75, 3.05) is 17.6 Å². The van der Waals surface area contributed by atoms with Crippen LogP contribution in [0.3, 0.4) is 0 Å². The van der Waals surface area contributed by atoms with Crippen molar-refractivity contribution < 1.29 is 4.39 Å². The summed E-state index contributed by atoms with van der Waals surface area (Å²) in [7, 11) is 0. The molecule has 2 rings (SSSR count). The number of hydrogen-bond donors (Lipinski definition) is 2. The second-order valence-corrected chi connectivity index (χ2v) is 7.94. The van der Waals surface area contributed by atoms with Gasteiger partial charge < -0.3 is 10.6 Å². The maximum atomic E-state index is 13.6. The highest BCUT2D eigenvalue weighted by atomic mass is 79.9. The highest BCUT2D eigenvalue weighted by molar-refractivity contribution is 9.10. The van der Waals surface area contributed by atoms with Crippen molar-refractivity contribution in [3.05, 3.63) is 62.3 Å². The second-order valence-electron chi connectivity index (χ2n) is 4.76. The molecule has 0 aliphatic heterocycles. The molecule has 128 valence electrons. The topological polar surface area (TPSA) is 24.1 Å². The Morgan fingerprint density at radius 3 is 2.71 bits per heavy atom. The van der Waals surface area contributed by atoms with Crippen LogP contribution in [0.4, 0.5) is 10.1 Å². The molecule has 2 nitrogen and oxygen atoms in total. The first-order valence-corrected chi connectivity index (χ1v) is 10.1. The van der Waals surface area contributed by atoms with Gasteiger partial charge in [-0.05, 0) is 58.5 Å². The van der Waals surface area contributed by atoms with Crippen LogP contribution in [0.15, 0.2) is 40.9 Å². The molecular weight excluding hydrogens is 454 g/mol. The third kappa shape index (κ3) is 6.08. The summed E-state index contributed by atoms with van der Waals surface area (Å²) in [4.78, 5) is 0. The predicted octanol–water partition coefficient (Wildman–Crippen LogP) is 6.11. The number of halogens is 4. The van der Waals surface area contributed by atoms with Crippen molar-refractivity contribution in [3.63, 3.8) is 0 Å². The normalized spacial score (nSPS) is 10.5. The van der Waals surface area contributed by atoms with E-state index < -0.39 is 0 Å². The van der Waals surface area contributed by atoms with Gasteiger partial charge in [0.05, 0.1) is 5.02 Å². The van der Waals surface area contributed by atoms with E-state index in [9.17, 15) is 4.39 Å². The van der Waals surface area contributed by atoms with Crippen molar-refractivity contribution in [1.82, 2.24) is 5.32 Å². The summed E-state index contributed by atoms with van der Waals surface area (Å²) >= 11 is 22.2. The Morgan fingerprint density at radius 2 is 2.00 bits per heavy atom. The van der Waals surface area contributed by atoms with Gasteiger partial charge in [0.1, 0.15) is 5.82 Å². The number of hydrogen-bond acceptors (Lipinski definition) is 2. The zero-order valence-electron chi connectivity index (χ0n) is 12.4. The van der Waals surface area contributed by atoms with Gasteiger partial charge in [-0.3, -0.25) is 0 Å². The number of anilines is 1. The van der Waals surface area contributed by atoms with Crippen LogP contribution in [0.2, 0.25) is 10.0 Å². The molecule has 2 aromatic rings. The molecule has 0 saturated heterocycles. The van der Waals surface area contributed by atoms with E-state index in [-0.39, 0.29) is 5.82 Å². The molecule has 2 N–H and O–H groups in total. The number of thiocarbonyl (C=S) groups is 1. The average molecular weight is 468 g/mol. The van der Waals surface area contributed by atoms with Crippen molar-refractivity contribution in [3.8, 4) is 0 Å². The second kappa shape index (κ2) is 9.82. The molecule has 0 amide bonds. The molecule has 0 heterocycles. The number of thioether (sulfide) groups is 1. The van der Waals surface area contributed by atoms with E-state index in [2.05, 4.69) is 26.6 Å². The van der Waals surface area contributed by atoms with E-state index in [0.29, 0.717) is 33.0 Å². The smallest absolute Gasteiger partial charge is 0.170 e. The van der Waals surface area contributed by atoms with Gasteiger partial charge in [0.2, 0.25) is 0 Å². The molecular formula is C16H14BrCl2FN2S2. The van der Waals surface area contributed by atoms with E-state index in [1.165, 1.54) is 6.07 Å². The van der Waals surface area contributed by atoms with Gasteiger partial charge in [-0.1, -0.05) is 29.3 Å². The number of rotatable bonds is 6. The van der Waals surface area contributed by atoms with Crippen LogP contribution < -0.4 is 10.6 Å². The Morgan fingerprint density at radius 1 is 1.21 bits per heavy atom. The van der Waals surface area contributed by atoms with Crippen LogP contribution in [0, 0.1) is 5.82 Å². The van der Waals surface area contributed by atoms with Crippen molar-refractivity contribution in [2.24, 2.45) is 0 Å². The minimum Gasteiger partial charge on any atom is -0.362 e. The minimum atomic E-state index is -0.271. The third-order valence-corrected chi connectivity index (χ3v) is 5.84. The Bertz CT molecular complexity index is 711. The zero-order chi connectivity index (χ0) is 17.5. The summed E-state index contributed by atoms with van der Waals surface area (Å²) < 4.78 is 14.5. The van der Waals surface area contributed by atoms with Gasteiger partial charge in [0.25, 0.3) is 0 Å². The van der Waals surface area contributed by atoms with Gasteiger partial charge in [0, 0.05) is 38.8 Å². The van der Waals surface area contributed by atoms with Crippen LogP contribution in [-0.4, -0.2) is 17.4 Å². The molecule has 24 heavy (non-hydrogen) atoms. The van der Waals surface area contributed by atoms with E-state index in [4.69, 9.17) is 35.4 Å². The summed E-state index contributed by atoms with van der Waals surface area (Å²) in [5.74, 6) is 1.02. The highest BCUT2D eigenvalue weighted by Crippen LogP contribution is 2.25. The summed E-state index contributed by atoms with van der Waals surface area (Å²) in [6, 6.07) is 10.2. The summed E-state index contributed by atoms with van der Waals surface area (Å²) in [5, 5.41) is 7.74. The molecule has 0 radical (unpaired) electrons. The molecule has 2 aromatic carbocycles. The largest absolute Gasteiger partial charge is 0.362 e. The third-order valence-electron chi connectivity index (χ3n) is 3.02. The standard InChI is InChI=1S/C16H14BrCl2FN2S2/c17-12-5-4-10(8-14(12)19)22-16(23)21-6-7-24-9-11-13(18)2-1-3-15(11)20/h1-5,8H,6-7,9H2,(H2,21,22,23). The molecule has 0 fully saturated rings. The monoisotopic (exact) mass is 466 g/mol. The minimum absolute atomic E-state index is 0.271. The fourth-order valence-electron chi connectivity index (χ4n) is 1.83. The lowest BCUT2D eigenvalue weighted by Crippen LogP contribution is -2.30.